The van der Waals surface area contributed by atoms with E-state index < -0.39 is 0 Å². The number of rotatable bonds is 3. The Morgan fingerprint density at radius 1 is 1.21 bits per heavy atom. The molecule has 0 bridgehead atoms. The second-order valence-corrected chi connectivity index (χ2v) is 4.39. The lowest BCUT2D eigenvalue weighted by atomic mass is 9.90. The van der Waals surface area contributed by atoms with Crippen LogP contribution in [-0.2, 0) is 4.79 Å². The van der Waals surface area contributed by atoms with Gasteiger partial charge in [0.2, 0.25) is 5.24 Å². The summed E-state index contributed by atoms with van der Waals surface area (Å²) in [5.41, 5.74) is 0.921. The highest BCUT2D eigenvalue weighted by Gasteiger charge is 2.21. The molecule has 1 aromatic carbocycles. The van der Waals surface area contributed by atoms with E-state index in [1.165, 1.54) is 0 Å². The highest BCUT2D eigenvalue weighted by molar-refractivity contribution is 6.64. The fourth-order valence-corrected chi connectivity index (χ4v) is 1.95. The summed E-state index contributed by atoms with van der Waals surface area (Å²) in [4.78, 5) is 11.2. The Kier molecular flexibility index (Phi) is 3.97. The van der Waals surface area contributed by atoms with Crippen LogP contribution in [0.3, 0.4) is 0 Å². The van der Waals surface area contributed by atoms with Crippen molar-refractivity contribution in [1.29, 1.82) is 0 Å². The van der Waals surface area contributed by atoms with E-state index in [0.29, 0.717) is 5.02 Å². The summed E-state index contributed by atoms with van der Waals surface area (Å²) in [6, 6.07) is 7.22. The Morgan fingerprint density at radius 2 is 1.71 bits per heavy atom. The number of halogens is 2. The van der Waals surface area contributed by atoms with E-state index >= 15 is 0 Å². The maximum Gasteiger partial charge on any atom is 0.229 e. The molecule has 0 aliphatic carbocycles. The molecular formula is C11H12Cl2O. The van der Waals surface area contributed by atoms with Crippen molar-refractivity contribution in [2.75, 3.05) is 0 Å². The molecule has 0 radical (unpaired) electrons. The van der Waals surface area contributed by atoms with Gasteiger partial charge in [-0.05, 0) is 35.2 Å². The van der Waals surface area contributed by atoms with Gasteiger partial charge in [-0.15, -0.1) is 0 Å². The van der Waals surface area contributed by atoms with E-state index in [1.807, 2.05) is 26.0 Å². The van der Waals surface area contributed by atoms with Crippen LogP contribution in [0.1, 0.15) is 25.3 Å². The third-order valence-electron chi connectivity index (χ3n) is 2.14. The van der Waals surface area contributed by atoms with Gasteiger partial charge in [0.1, 0.15) is 0 Å². The fraction of sp³-hybridized carbons (Fsp3) is 0.364. The van der Waals surface area contributed by atoms with E-state index in [9.17, 15) is 4.79 Å². The minimum absolute atomic E-state index is 0.196. The summed E-state index contributed by atoms with van der Waals surface area (Å²) in [7, 11) is 0. The Labute approximate surface area is 94.0 Å². The van der Waals surface area contributed by atoms with Crippen molar-refractivity contribution in [2.45, 2.75) is 19.8 Å². The van der Waals surface area contributed by atoms with Crippen LogP contribution in [0, 0.1) is 5.92 Å². The van der Waals surface area contributed by atoms with Crippen molar-refractivity contribution in [3.63, 3.8) is 0 Å². The molecule has 1 atom stereocenters. The summed E-state index contributed by atoms with van der Waals surface area (Å²) >= 11 is 11.3. The largest absolute Gasteiger partial charge is 0.281 e. The highest BCUT2D eigenvalue weighted by Crippen LogP contribution is 2.27. The third-order valence-corrected chi connectivity index (χ3v) is 2.63. The van der Waals surface area contributed by atoms with Crippen LogP contribution < -0.4 is 0 Å². The van der Waals surface area contributed by atoms with Crippen LogP contribution in [0.15, 0.2) is 24.3 Å². The topological polar surface area (TPSA) is 17.1 Å². The van der Waals surface area contributed by atoms with Gasteiger partial charge < -0.3 is 0 Å². The molecule has 0 aliphatic heterocycles. The van der Waals surface area contributed by atoms with E-state index in [0.717, 1.165) is 5.56 Å². The highest BCUT2D eigenvalue weighted by atomic mass is 35.5. The first-order chi connectivity index (χ1) is 6.52. The molecular weight excluding hydrogens is 219 g/mol. The molecule has 1 aromatic rings. The monoisotopic (exact) mass is 230 g/mol. The molecule has 0 aromatic heterocycles. The molecule has 1 rings (SSSR count). The van der Waals surface area contributed by atoms with Gasteiger partial charge in [0.05, 0.1) is 5.92 Å². The molecule has 0 heterocycles. The predicted octanol–water partition coefficient (Wildman–Crippen LogP) is 3.85. The van der Waals surface area contributed by atoms with Crippen LogP contribution in [0.2, 0.25) is 5.02 Å². The average Bonchev–Trinajstić information content (AvgIpc) is 2.07. The van der Waals surface area contributed by atoms with E-state index in [1.54, 1.807) is 12.1 Å². The molecule has 0 fully saturated rings. The van der Waals surface area contributed by atoms with Gasteiger partial charge in [-0.1, -0.05) is 37.6 Å². The maximum absolute atomic E-state index is 11.2. The molecule has 0 aliphatic rings. The zero-order chi connectivity index (χ0) is 10.7. The fourth-order valence-electron chi connectivity index (χ4n) is 1.45. The van der Waals surface area contributed by atoms with Gasteiger partial charge in [0.25, 0.3) is 0 Å². The lowest BCUT2D eigenvalue weighted by Gasteiger charge is -2.16. The summed E-state index contributed by atoms with van der Waals surface area (Å²) in [5.74, 6) is -0.0462. The van der Waals surface area contributed by atoms with Crippen LogP contribution in [-0.4, -0.2) is 5.24 Å². The van der Waals surface area contributed by atoms with Crippen molar-refractivity contribution in [3.8, 4) is 0 Å². The lowest BCUT2D eigenvalue weighted by Crippen LogP contribution is -2.13. The average molecular weight is 231 g/mol. The van der Waals surface area contributed by atoms with E-state index in [4.69, 9.17) is 23.2 Å². The molecule has 0 saturated heterocycles. The zero-order valence-electron chi connectivity index (χ0n) is 8.13. The molecule has 0 saturated carbocycles. The van der Waals surface area contributed by atoms with E-state index in [-0.39, 0.29) is 17.1 Å². The number of carbonyl (C=O) groups is 1. The first kappa shape index (κ1) is 11.5. The molecule has 0 N–H and O–H groups in total. The second kappa shape index (κ2) is 4.81. The second-order valence-electron chi connectivity index (χ2n) is 3.58. The van der Waals surface area contributed by atoms with Crippen molar-refractivity contribution >= 4 is 28.4 Å². The first-order valence-corrected chi connectivity index (χ1v) is 5.22. The van der Waals surface area contributed by atoms with Crippen molar-refractivity contribution in [1.82, 2.24) is 0 Å². The van der Waals surface area contributed by atoms with Crippen LogP contribution in [0.4, 0.5) is 0 Å². The minimum Gasteiger partial charge on any atom is -0.281 e. The first-order valence-electron chi connectivity index (χ1n) is 4.47. The van der Waals surface area contributed by atoms with Gasteiger partial charge in [0.15, 0.2) is 0 Å². The Bertz CT molecular complexity index is 317. The molecule has 1 nitrogen and oxygen atoms in total. The maximum atomic E-state index is 11.2. The number of carbonyl (C=O) groups excluding carboxylic acids is 1. The van der Waals surface area contributed by atoms with Crippen molar-refractivity contribution in [2.24, 2.45) is 5.92 Å². The minimum atomic E-state index is -0.317. The molecule has 0 unspecified atom stereocenters. The standard InChI is InChI=1S/C11H12Cl2O/c1-7(2)10(11(13)14)8-3-5-9(12)6-4-8/h3-7,10H,1-2H3/t10-/m1/s1. The quantitative estimate of drug-likeness (QED) is 0.722. The number of benzene rings is 1. The summed E-state index contributed by atoms with van der Waals surface area (Å²) in [5, 5.41) is 0.348. The summed E-state index contributed by atoms with van der Waals surface area (Å²) in [6.07, 6.45) is 0. The zero-order valence-corrected chi connectivity index (χ0v) is 9.64. The Morgan fingerprint density at radius 3 is 2.07 bits per heavy atom. The number of hydrogen-bond donors (Lipinski definition) is 0. The Balaban J connectivity index is 3.00. The smallest absolute Gasteiger partial charge is 0.229 e. The SMILES string of the molecule is CC(C)[C@@H](C(=O)Cl)c1ccc(Cl)cc1. The summed E-state index contributed by atoms with van der Waals surface area (Å²) in [6.45, 7) is 3.94. The van der Waals surface area contributed by atoms with Gasteiger partial charge in [-0.2, -0.15) is 0 Å². The van der Waals surface area contributed by atoms with E-state index in [2.05, 4.69) is 0 Å². The molecule has 76 valence electrons. The Hall–Kier alpha value is -0.530. The van der Waals surface area contributed by atoms with Crippen LogP contribution >= 0.6 is 23.2 Å². The molecule has 0 amide bonds. The molecule has 14 heavy (non-hydrogen) atoms. The normalized spacial score (nSPS) is 12.9. The molecule has 0 spiro atoms. The third kappa shape index (κ3) is 2.73. The van der Waals surface area contributed by atoms with Crippen molar-refractivity contribution in [3.05, 3.63) is 34.9 Å². The van der Waals surface area contributed by atoms with Gasteiger partial charge in [-0.3, -0.25) is 4.79 Å². The van der Waals surface area contributed by atoms with Gasteiger partial charge in [0, 0.05) is 5.02 Å². The van der Waals surface area contributed by atoms with Crippen LogP contribution in [0.5, 0.6) is 0 Å². The summed E-state index contributed by atoms with van der Waals surface area (Å²) < 4.78 is 0. The van der Waals surface area contributed by atoms with Crippen LogP contribution in [0.25, 0.3) is 0 Å². The lowest BCUT2D eigenvalue weighted by molar-refractivity contribution is -0.113. The predicted molar refractivity (Wildman–Crippen MR) is 59.9 cm³/mol. The molecule has 3 heteroatoms. The van der Waals surface area contributed by atoms with Gasteiger partial charge >= 0.3 is 0 Å². The van der Waals surface area contributed by atoms with Crippen molar-refractivity contribution < 1.29 is 4.79 Å². The number of hydrogen-bond acceptors (Lipinski definition) is 1. The van der Waals surface area contributed by atoms with Gasteiger partial charge in [-0.25, -0.2) is 0 Å².